The Morgan fingerprint density at radius 1 is 1.08 bits per heavy atom. The Kier molecular flexibility index (Phi) is 4.38. The third kappa shape index (κ3) is 2.91. The lowest BCUT2D eigenvalue weighted by Gasteiger charge is -2.06. The fraction of sp³-hybridized carbons (Fsp3) is 0.111. The van der Waals surface area contributed by atoms with Gasteiger partial charge in [-0.15, -0.1) is 0 Å². The van der Waals surface area contributed by atoms with Crippen molar-refractivity contribution in [2.45, 2.75) is 14.0 Å². The Balaban J connectivity index is 0.00000182. The molecule has 7 heteroatoms. The number of nitroso groups, excluding NO2 is 1. The Labute approximate surface area is 143 Å². The highest BCUT2D eigenvalue weighted by molar-refractivity contribution is 5.80. The lowest BCUT2D eigenvalue weighted by Crippen LogP contribution is -1.92. The summed E-state index contributed by atoms with van der Waals surface area (Å²) in [6, 6.07) is 10.0. The Morgan fingerprint density at radius 2 is 1.84 bits per heavy atom. The van der Waals surface area contributed by atoms with E-state index >= 15 is 0 Å². The zero-order chi connectivity index (χ0) is 16.5. The molecular formula is C18H16FN5O. The molecular weight excluding hydrogens is 321 g/mol. The van der Waals surface area contributed by atoms with Gasteiger partial charge in [0.25, 0.3) is 0 Å². The van der Waals surface area contributed by atoms with Crippen molar-refractivity contribution in [1.82, 2.24) is 19.6 Å². The summed E-state index contributed by atoms with van der Waals surface area (Å²) in [5.41, 5.74) is 4.87. The lowest BCUT2D eigenvalue weighted by molar-refractivity contribution is 0.628. The van der Waals surface area contributed by atoms with Crippen LogP contribution in [0.5, 0.6) is 0 Å². The van der Waals surface area contributed by atoms with Crippen LogP contribution in [-0.4, -0.2) is 19.6 Å². The summed E-state index contributed by atoms with van der Waals surface area (Å²) < 4.78 is 15.0. The average Bonchev–Trinajstić information content (AvgIpc) is 3.23. The summed E-state index contributed by atoms with van der Waals surface area (Å²) in [6.45, 7) is 0.0564. The van der Waals surface area contributed by atoms with E-state index in [1.807, 2.05) is 22.7 Å². The number of fused-ring (bicyclic) bond motifs is 1. The van der Waals surface area contributed by atoms with Crippen molar-refractivity contribution in [2.24, 2.45) is 5.18 Å². The summed E-state index contributed by atoms with van der Waals surface area (Å²) in [4.78, 5) is 14.8. The van der Waals surface area contributed by atoms with E-state index in [1.165, 1.54) is 12.1 Å². The lowest BCUT2D eigenvalue weighted by atomic mass is 10.0. The highest BCUT2D eigenvalue weighted by Crippen LogP contribution is 2.30. The maximum atomic E-state index is 13.1. The van der Waals surface area contributed by atoms with Gasteiger partial charge >= 0.3 is 0 Å². The molecule has 0 amide bonds. The van der Waals surface area contributed by atoms with Gasteiger partial charge in [-0.3, -0.25) is 5.10 Å². The van der Waals surface area contributed by atoms with Crippen LogP contribution >= 0.6 is 0 Å². The van der Waals surface area contributed by atoms with Gasteiger partial charge in [-0.25, -0.2) is 9.37 Å². The van der Waals surface area contributed by atoms with Gasteiger partial charge in [-0.2, -0.15) is 10.0 Å². The van der Waals surface area contributed by atoms with Crippen molar-refractivity contribution in [1.29, 1.82) is 0 Å². The van der Waals surface area contributed by atoms with Crippen molar-refractivity contribution < 1.29 is 4.39 Å². The van der Waals surface area contributed by atoms with Crippen LogP contribution in [0.15, 0.2) is 60.2 Å². The minimum atomic E-state index is -0.286. The highest BCUT2D eigenvalue weighted by Gasteiger charge is 2.12. The standard InChI is InChI=1S/C17H12FN5O.CH4/c18-13-4-1-11(2-5-13)17-15(9-20-22-17)12-3-6-16-19-7-14(8-21-24)23(16)10-12;/h1-7,9-10H,8H2,(H,20,22);1H4. The van der Waals surface area contributed by atoms with E-state index in [9.17, 15) is 9.30 Å². The Bertz CT molecular complexity index is 1020. The predicted octanol–water partition coefficient (Wildman–Crippen LogP) is 4.43. The molecule has 0 unspecified atom stereocenters. The average molecular weight is 337 g/mol. The van der Waals surface area contributed by atoms with Crippen LogP contribution in [0.2, 0.25) is 0 Å². The van der Waals surface area contributed by atoms with Gasteiger partial charge in [0.2, 0.25) is 0 Å². The maximum absolute atomic E-state index is 13.1. The van der Waals surface area contributed by atoms with Gasteiger partial charge in [-0.1, -0.05) is 12.6 Å². The van der Waals surface area contributed by atoms with Crippen molar-refractivity contribution in [3.05, 3.63) is 71.4 Å². The van der Waals surface area contributed by atoms with Crippen molar-refractivity contribution in [3.63, 3.8) is 0 Å². The maximum Gasteiger partial charge on any atom is 0.136 e. The predicted molar refractivity (Wildman–Crippen MR) is 94.4 cm³/mol. The van der Waals surface area contributed by atoms with E-state index in [4.69, 9.17) is 0 Å². The van der Waals surface area contributed by atoms with Gasteiger partial charge in [-0.05, 0) is 36.4 Å². The second-order valence-corrected chi connectivity index (χ2v) is 5.35. The number of aromatic amines is 1. The molecule has 0 aliphatic carbocycles. The Morgan fingerprint density at radius 3 is 2.60 bits per heavy atom. The van der Waals surface area contributed by atoms with E-state index in [0.29, 0.717) is 5.69 Å². The van der Waals surface area contributed by atoms with E-state index < -0.39 is 0 Å². The van der Waals surface area contributed by atoms with Gasteiger partial charge in [0.1, 0.15) is 18.0 Å². The number of benzene rings is 1. The van der Waals surface area contributed by atoms with Crippen LogP contribution in [0, 0.1) is 10.7 Å². The molecule has 4 rings (SSSR count). The normalized spacial score (nSPS) is 10.6. The van der Waals surface area contributed by atoms with Crippen molar-refractivity contribution in [3.8, 4) is 22.4 Å². The number of aromatic nitrogens is 4. The Hall–Kier alpha value is -3.35. The van der Waals surface area contributed by atoms with Gasteiger partial charge in [0.15, 0.2) is 0 Å². The first kappa shape index (κ1) is 16.5. The monoisotopic (exact) mass is 337 g/mol. The minimum absolute atomic E-state index is 0. The molecule has 126 valence electrons. The largest absolute Gasteiger partial charge is 0.301 e. The fourth-order valence-corrected chi connectivity index (χ4v) is 2.72. The van der Waals surface area contributed by atoms with E-state index in [-0.39, 0.29) is 19.8 Å². The van der Waals surface area contributed by atoms with E-state index in [1.54, 1.807) is 24.5 Å². The summed E-state index contributed by atoms with van der Waals surface area (Å²) in [5, 5.41) is 10.00. The molecule has 25 heavy (non-hydrogen) atoms. The zero-order valence-electron chi connectivity index (χ0n) is 12.5. The summed E-state index contributed by atoms with van der Waals surface area (Å²) in [5.74, 6) is -0.286. The molecule has 0 aliphatic rings. The van der Waals surface area contributed by atoms with Crippen molar-refractivity contribution in [2.75, 3.05) is 0 Å². The van der Waals surface area contributed by atoms with Crippen molar-refractivity contribution >= 4 is 5.65 Å². The smallest absolute Gasteiger partial charge is 0.136 e. The van der Waals surface area contributed by atoms with E-state index in [2.05, 4.69) is 20.4 Å². The second kappa shape index (κ2) is 6.64. The molecule has 4 aromatic rings. The third-order valence-corrected chi connectivity index (χ3v) is 3.89. The van der Waals surface area contributed by atoms with Gasteiger partial charge in [0, 0.05) is 22.9 Å². The third-order valence-electron chi connectivity index (χ3n) is 3.89. The van der Waals surface area contributed by atoms with Crippen LogP contribution in [0.3, 0.4) is 0 Å². The quantitative estimate of drug-likeness (QED) is 0.560. The summed E-state index contributed by atoms with van der Waals surface area (Å²) >= 11 is 0. The number of hydrogen-bond donors (Lipinski definition) is 1. The van der Waals surface area contributed by atoms with Crippen LogP contribution in [-0.2, 0) is 6.54 Å². The topological polar surface area (TPSA) is 75.4 Å². The molecule has 6 nitrogen and oxygen atoms in total. The van der Waals surface area contributed by atoms with E-state index in [0.717, 1.165) is 28.0 Å². The molecule has 0 bridgehead atoms. The first-order valence-corrected chi connectivity index (χ1v) is 7.31. The van der Waals surface area contributed by atoms with Gasteiger partial charge in [0.05, 0.1) is 23.8 Å². The number of hydrogen-bond acceptors (Lipinski definition) is 4. The molecule has 0 saturated heterocycles. The van der Waals surface area contributed by atoms with Crippen LogP contribution in [0.4, 0.5) is 4.39 Å². The SMILES string of the molecule is C.O=NCc1cnc2ccc(-c3cn[nH]c3-c3ccc(F)cc3)cn12. The first-order valence-electron chi connectivity index (χ1n) is 7.31. The number of rotatable bonds is 4. The molecule has 1 aromatic carbocycles. The number of halogens is 1. The molecule has 0 spiro atoms. The molecule has 3 heterocycles. The van der Waals surface area contributed by atoms with Gasteiger partial charge < -0.3 is 4.40 Å². The fourth-order valence-electron chi connectivity index (χ4n) is 2.72. The molecule has 0 radical (unpaired) electrons. The highest BCUT2D eigenvalue weighted by atomic mass is 19.1. The zero-order valence-corrected chi connectivity index (χ0v) is 12.5. The molecule has 3 aromatic heterocycles. The number of H-pyrrole nitrogens is 1. The molecule has 1 N–H and O–H groups in total. The molecule has 0 atom stereocenters. The number of nitrogens with zero attached hydrogens (tertiary/aromatic N) is 4. The first-order chi connectivity index (χ1) is 11.8. The molecule has 0 saturated carbocycles. The summed E-state index contributed by atoms with van der Waals surface area (Å²) in [7, 11) is 0. The van der Waals surface area contributed by atoms with Crippen LogP contribution < -0.4 is 0 Å². The van der Waals surface area contributed by atoms with Crippen LogP contribution in [0.25, 0.3) is 28.0 Å². The molecule has 0 aliphatic heterocycles. The number of imidazole rings is 1. The molecule has 0 fully saturated rings. The number of nitrogens with one attached hydrogen (secondary N) is 1. The summed E-state index contributed by atoms with van der Waals surface area (Å²) in [6.07, 6.45) is 5.24. The number of pyridine rings is 1. The van der Waals surface area contributed by atoms with Crippen LogP contribution in [0.1, 0.15) is 13.1 Å². The minimum Gasteiger partial charge on any atom is -0.301 e. The second-order valence-electron chi connectivity index (χ2n) is 5.35.